The number of carbonyl (C=O) groups excluding carboxylic acids is 1. The number of rotatable bonds is 8. The van der Waals surface area contributed by atoms with Gasteiger partial charge in [-0.15, -0.1) is 0 Å². The molecule has 33 heavy (non-hydrogen) atoms. The van der Waals surface area contributed by atoms with E-state index in [0.717, 1.165) is 34.7 Å². The van der Waals surface area contributed by atoms with E-state index < -0.39 is 27.6 Å². The number of nitrogens with one attached hydrogen (secondary N) is 1. The average Bonchev–Trinajstić information content (AvgIpc) is 2.78. The van der Waals surface area contributed by atoms with Crippen molar-refractivity contribution in [2.45, 2.75) is 57.7 Å². The third-order valence-corrected chi connectivity index (χ3v) is 7.73. The van der Waals surface area contributed by atoms with Gasteiger partial charge in [-0.25, -0.2) is 8.42 Å². The number of sulfonamides is 1. The minimum atomic E-state index is -3.84. The minimum absolute atomic E-state index is 0.207. The highest BCUT2D eigenvalue weighted by molar-refractivity contribution is 7.92. The predicted octanol–water partition coefficient (Wildman–Crippen LogP) is 4.70. The van der Waals surface area contributed by atoms with Crippen LogP contribution < -0.4 is 19.1 Å². The van der Waals surface area contributed by atoms with Crippen LogP contribution in [0.25, 0.3) is 0 Å². The summed E-state index contributed by atoms with van der Waals surface area (Å²) < 4.78 is 38.3. The Labute approximate surface area is 201 Å². The first-order valence-electron chi connectivity index (χ1n) is 11.0. The van der Waals surface area contributed by atoms with Crippen molar-refractivity contribution in [3.63, 3.8) is 0 Å². The molecule has 2 aromatic rings. The number of halogens is 1. The van der Waals surface area contributed by atoms with Crippen LogP contribution in [0, 0.1) is 0 Å². The summed E-state index contributed by atoms with van der Waals surface area (Å²) in [7, 11) is -2.40. The molecule has 0 fully saturated rings. The van der Waals surface area contributed by atoms with Gasteiger partial charge >= 0.3 is 0 Å². The van der Waals surface area contributed by atoms with Gasteiger partial charge in [0.1, 0.15) is 23.1 Å². The molecule has 0 spiro atoms. The van der Waals surface area contributed by atoms with Crippen LogP contribution in [0.15, 0.2) is 42.5 Å². The summed E-state index contributed by atoms with van der Waals surface area (Å²) in [5, 5.41) is 3.41. The number of ether oxygens (including phenoxy) is 2. The molecule has 0 saturated heterocycles. The molecule has 1 amide bonds. The third kappa shape index (κ3) is 5.22. The summed E-state index contributed by atoms with van der Waals surface area (Å²) in [5.41, 5.74) is 0.684. The molecule has 1 heterocycles. The second-order valence-electron chi connectivity index (χ2n) is 8.35. The lowest BCUT2D eigenvalue weighted by atomic mass is 9.83. The van der Waals surface area contributed by atoms with Crippen molar-refractivity contribution in [1.29, 1.82) is 0 Å². The lowest BCUT2D eigenvalue weighted by molar-refractivity contribution is -0.123. The molecule has 0 aromatic heterocycles. The maximum atomic E-state index is 13.4. The average molecular weight is 495 g/mol. The van der Waals surface area contributed by atoms with E-state index in [1.54, 1.807) is 19.1 Å². The van der Waals surface area contributed by atoms with Gasteiger partial charge in [0.2, 0.25) is 15.9 Å². The van der Waals surface area contributed by atoms with Gasteiger partial charge in [-0.05, 0) is 44.0 Å². The SMILES string of the molecule is CCC1(CC)CC(NC(=O)C(C)N(c2cc(Cl)ccc2OC)S(C)(=O)=O)c2ccccc2O1. The molecule has 1 N–H and O–H groups in total. The zero-order chi connectivity index (χ0) is 24.4. The number of hydrogen-bond acceptors (Lipinski definition) is 5. The summed E-state index contributed by atoms with van der Waals surface area (Å²) in [6.07, 6.45) is 3.22. The number of carbonyl (C=O) groups is 1. The van der Waals surface area contributed by atoms with Gasteiger partial charge < -0.3 is 14.8 Å². The monoisotopic (exact) mass is 494 g/mol. The number of benzene rings is 2. The van der Waals surface area contributed by atoms with Crippen molar-refractivity contribution in [1.82, 2.24) is 5.32 Å². The third-order valence-electron chi connectivity index (χ3n) is 6.27. The van der Waals surface area contributed by atoms with E-state index in [1.165, 1.54) is 13.2 Å². The molecule has 180 valence electrons. The fraction of sp³-hybridized carbons (Fsp3) is 0.458. The van der Waals surface area contributed by atoms with E-state index in [4.69, 9.17) is 21.1 Å². The largest absolute Gasteiger partial charge is 0.495 e. The highest BCUT2D eigenvalue weighted by Gasteiger charge is 2.40. The zero-order valence-corrected chi connectivity index (χ0v) is 21.2. The number of hydrogen-bond donors (Lipinski definition) is 1. The van der Waals surface area contributed by atoms with E-state index in [9.17, 15) is 13.2 Å². The number of anilines is 1. The van der Waals surface area contributed by atoms with Gasteiger partial charge in [0.15, 0.2) is 0 Å². The van der Waals surface area contributed by atoms with E-state index in [1.807, 2.05) is 24.3 Å². The van der Waals surface area contributed by atoms with Crippen LogP contribution in [0.2, 0.25) is 5.02 Å². The van der Waals surface area contributed by atoms with E-state index in [-0.39, 0.29) is 11.7 Å². The molecule has 0 aliphatic carbocycles. The van der Waals surface area contributed by atoms with Crippen molar-refractivity contribution in [2.75, 3.05) is 17.7 Å². The second-order valence-corrected chi connectivity index (χ2v) is 10.6. The van der Waals surface area contributed by atoms with Gasteiger partial charge in [-0.1, -0.05) is 43.6 Å². The standard InChI is InChI=1S/C24H31ClN2O5S/c1-6-24(7-2)15-19(18-10-8-9-11-21(18)32-24)26-23(28)16(3)27(33(5,29)30)20-14-17(25)12-13-22(20)31-4/h8-14,16,19H,6-7,15H2,1-5H3,(H,26,28). The summed E-state index contributed by atoms with van der Waals surface area (Å²) in [6, 6.07) is 10.9. The Kier molecular flexibility index (Phi) is 7.49. The Balaban J connectivity index is 1.96. The Bertz CT molecular complexity index is 1120. The lowest BCUT2D eigenvalue weighted by Gasteiger charge is -2.42. The minimum Gasteiger partial charge on any atom is -0.495 e. The number of fused-ring (bicyclic) bond motifs is 1. The van der Waals surface area contributed by atoms with Crippen LogP contribution in [-0.2, 0) is 14.8 Å². The maximum absolute atomic E-state index is 13.4. The Morgan fingerprint density at radius 3 is 2.55 bits per heavy atom. The summed E-state index contributed by atoms with van der Waals surface area (Å²) in [6.45, 7) is 5.68. The fourth-order valence-corrected chi connectivity index (χ4v) is 5.68. The van der Waals surface area contributed by atoms with E-state index >= 15 is 0 Å². The molecular weight excluding hydrogens is 464 g/mol. The predicted molar refractivity (Wildman–Crippen MR) is 131 cm³/mol. The molecule has 2 unspecified atom stereocenters. The molecule has 9 heteroatoms. The smallest absolute Gasteiger partial charge is 0.244 e. The van der Waals surface area contributed by atoms with Crippen LogP contribution in [0.5, 0.6) is 11.5 Å². The summed E-state index contributed by atoms with van der Waals surface area (Å²) in [5.74, 6) is 0.615. The molecule has 1 aliphatic rings. The fourth-order valence-electron chi connectivity index (χ4n) is 4.34. The summed E-state index contributed by atoms with van der Waals surface area (Å²) >= 11 is 6.14. The number of para-hydroxylation sites is 1. The highest BCUT2D eigenvalue weighted by Crippen LogP contribution is 2.43. The Hall–Kier alpha value is -2.45. The maximum Gasteiger partial charge on any atom is 0.244 e. The van der Waals surface area contributed by atoms with Gasteiger partial charge in [0, 0.05) is 17.0 Å². The van der Waals surface area contributed by atoms with Gasteiger partial charge in [0.05, 0.1) is 25.1 Å². The lowest BCUT2D eigenvalue weighted by Crippen LogP contribution is -2.51. The number of nitrogens with zero attached hydrogens (tertiary/aromatic N) is 1. The molecule has 2 atom stereocenters. The van der Waals surface area contributed by atoms with Gasteiger partial charge in [-0.3, -0.25) is 9.10 Å². The highest BCUT2D eigenvalue weighted by atomic mass is 35.5. The van der Waals surface area contributed by atoms with E-state index in [0.29, 0.717) is 17.2 Å². The molecule has 0 bridgehead atoms. The quantitative estimate of drug-likeness (QED) is 0.574. The number of methoxy groups -OCH3 is 1. The number of amides is 1. The van der Waals surface area contributed by atoms with Crippen LogP contribution in [0.4, 0.5) is 5.69 Å². The molecule has 1 aliphatic heterocycles. The molecule has 0 saturated carbocycles. The molecule has 2 aromatic carbocycles. The van der Waals surface area contributed by atoms with Crippen molar-refractivity contribution in [3.05, 3.63) is 53.1 Å². The molecular formula is C24H31ClN2O5S. The van der Waals surface area contributed by atoms with Crippen LogP contribution >= 0.6 is 11.6 Å². The first-order chi connectivity index (χ1) is 15.5. The van der Waals surface area contributed by atoms with Crippen molar-refractivity contribution >= 4 is 33.2 Å². The van der Waals surface area contributed by atoms with Crippen molar-refractivity contribution < 1.29 is 22.7 Å². The summed E-state index contributed by atoms with van der Waals surface area (Å²) in [4.78, 5) is 13.4. The van der Waals surface area contributed by atoms with Crippen molar-refractivity contribution in [2.24, 2.45) is 0 Å². The Morgan fingerprint density at radius 2 is 1.94 bits per heavy atom. The molecule has 3 rings (SSSR count). The Morgan fingerprint density at radius 1 is 1.27 bits per heavy atom. The zero-order valence-electron chi connectivity index (χ0n) is 19.6. The van der Waals surface area contributed by atoms with E-state index in [2.05, 4.69) is 19.2 Å². The van der Waals surface area contributed by atoms with Gasteiger partial charge in [-0.2, -0.15) is 0 Å². The van der Waals surface area contributed by atoms with Crippen LogP contribution in [0.3, 0.4) is 0 Å². The second kappa shape index (κ2) is 9.81. The normalized spacial score (nSPS) is 17.9. The first kappa shape index (κ1) is 25.2. The van der Waals surface area contributed by atoms with Gasteiger partial charge in [0.25, 0.3) is 0 Å². The van der Waals surface area contributed by atoms with Crippen LogP contribution in [-0.4, -0.2) is 39.3 Å². The van der Waals surface area contributed by atoms with Crippen LogP contribution in [0.1, 0.15) is 51.6 Å². The molecule has 7 nitrogen and oxygen atoms in total. The molecule has 0 radical (unpaired) electrons. The topological polar surface area (TPSA) is 84.9 Å². The first-order valence-corrected chi connectivity index (χ1v) is 13.2. The van der Waals surface area contributed by atoms with Crippen molar-refractivity contribution in [3.8, 4) is 11.5 Å².